The lowest BCUT2D eigenvalue weighted by atomic mass is 9.92. The average molecular weight is 438 g/mol. The number of nitrogens with zero attached hydrogens (tertiary/aromatic N) is 2. The number of nitriles is 1. The molecule has 1 N–H and O–H groups in total. The molecule has 2 aliphatic rings. The minimum Gasteiger partial charge on any atom is -0.490 e. The SMILES string of the molecule is CC(C)N1Cc2ccc(C(=O)N[C@H]3CC[C@H](Oc4ccc(C#N)c(Cl)c4)CC3)cc2C1. The normalized spacial score (nSPS) is 20.9. The van der Waals surface area contributed by atoms with E-state index in [0.29, 0.717) is 22.4 Å². The Morgan fingerprint density at radius 1 is 1.13 bits per heavy atom. The average Bonchev–Trinajstić information content (AvgIpc) is 3.19. The van der Waals surface area contributed by atoms with Gasteiger partial charge in [-0.05, 0) is 74.9 Å². The van der Waals surface area contributed by atoms with Crippen LogP contribution in [0.2, 0.25) is 5.02 Å². The van der Waals surface area contributed by atoms with Crippen LogP contribution < -0.4 is 10.1 Å². The molecule has 6 heteroatoms. The molecule has 0 aromatic heterocycles. The maximum absolute atomic E-state index is 12.8. The topological polar surface area (TPSA) is 65.4 Å². The van der Waals surface area contributed by atoms with E-state index in [9.17, 15) is 4.79 Å². The van der Waals surface area contributed by atoms with E-state index in [1.165, 1.54) is 11.1 Å². The van der Waals surface area contributed by atoms with Crippen molar-refractivity contribution in [1.29, 1.82) is 5.26 Å². The van der Waals surface area contributed by atoms with Crippen LogP contribution in [0.5, 0.6) is 5.75 Å². The van der Waals surface area contributed by atoms with Crippen molar-refractivity contribution in [2.45, 2.75) is 70.8 Å². The standard InChI is InChI=1S/C25H28ClN3O2/c1-16(2)29-14-19-4-3-17(11-20(19)15-29)25(30)28-21-6-9-22(10-7-21)31-23-8-5-18(13-27)24(26)12-23/h3-5,8,11-12,16,21-22H,6-7,9-10,14-15H2,1-2H3,(H,28,30)/t21-,22-. The number of hydrogen-bond acceptors (Lipinski definition) is 4. The molecule has 0 unspecified atom stereocenters. The van der Waals surface area contributed by atoms with Crippen molar-refractivity contribution in [2.75, 3.05) is 0 Å². The summed E-state index contributed by atoms with van der Waals surface area (Å²) in [5.41, 5.74) is 3.78. The number of nitrogens with one attached hydrogen (secondary N) is 1. The molecule has 1 aliphatic carbocycles. The van der Waals surface area contributed by atoms with E-state index in [4.69, 9.17) is 21.6 Å². The fraction of sp³-hybridized carbons (Fsp3) is 0.440. The Morgan fingerprint density at radius 2 is 1.87 bits per heavy atom. The predicted octanol–water partition coefficient (Wildman–Crippen LogP) is 5.06. The van der Waals surface area contributed by atoms with Gasteiger partial charge in [-0.15, -0.1) is 0 Å². The Kier molecular flexibility index (Phi) is 6.50. The fourth-order valence-electron chi connectivity index (χ4n) is 4.37. The van der Waals surface area contributed by atoms with Crippen molar-refractivity contribution in [1.82, 2.24) is 10.2 Å². The Balaban J connectivity index is 1.28. The second-order valence-corrected chi connectivity index (χ2v) is 9.21. The maximum atomic E-state index is 12.8. The van der Waals surface area contributed by atoms with Crippen LogP contribution in [0.4, 0.5) is 0 Å². The highest BCUT2D eigenvalue weighted by atomic mass is 35.5. The van der Waals surface area contributed by atoms with Crippen LogP contribution >= 0.6 is 11.6 Å². The van der Waals surface area contributed by atoms with Crippen LogP contribution in [0.1, 0.15) is 66.6 Å². The van der Waals surface area contributed by atoms with Gasteiger partial charge >= 0.3 is 0 Å². The summed E-state index contributed by atoms with van der Waals surface area (Å²) in [7, 11) is 0. The molecule has 162 valence electrons. The van der Waals surface area contributed by atoms with E-state index in [0.717, 1.165) is 44.3 Å². The van der Waals surface area contributed by atoms with Gasteiger partial charge in [0.15, 0.2) is 0 Å². The first-order valence-corrected chi connectivity index (χ1v) is 11.3. The van der Waals surface area contributed by atoms with Crippen LogP contribution in [-0.4, -0.2) is 29.0 Å². The molecule has 2 aromatic carbocycles. The van der Waals surface area contributed by atoms with Crippen molar-refractivity contribution >= 4 is 17.5 Å². The van der Waals surface area contributed by atoms with E-state index >= 15 is 0 Å². The molecular formula is C25H28ClN3O2. The molecule has 1 amide bonds. The molecule has 0 spiro atoms. The summed E-state index contributed by atoms with van der Waals surface area (Å²) in [6.45, 7) is 6.28. The first kappa shape index (κ1) is 21.7. The number of fused-ring (bicyclic) bond motifs is 1. The monoisotopic (exact) mass is 437 g/mol. The highest BCUT2D eigenvalue weighted by molar-refractivity contribution is 6.31. The lowest BCUT2D eigenvalue weighted by molar-refractivity contribution is 0.0894. The van der Waals surface area contributed by atoms with Gasteiger partial charge in [-0.1, -0.05) is 17.7 Å². The molecule has 4 rings (SSSR count). The molecule has 31 heavy (non-hydrogen) atoms. The number of carbonyl (C=O) groups excluding carboxylic acids is 1. The summed E-state index contributed by atoms with van der Waals surface area (Å²) in [5, 5.41) is 12.6. The van der Waals surface area contributed by atoms with Gasteiger partial charge in [0, 0.05) is 36.8 Å². The van der Waals surface area contributed by atoms with Gasteiger partial charge in [-0.2, -0.15) is 5.26 Å². The number of rotatable bonds is 5. The van der Waals surface area contributed by atoms with E-state index in [1.54, 1.807) is 18.2 Å². The molecule has 1 fully saturated rings. The second-order valence-electron chi connectivity index (χ2n) is 8.80. The largest absolute Gasteiger partial charge is 0.490 e. The van der Waals surface area contributed by atoms with E-state index in [-0.39, 0.29) is 18.1 Å². The lowest BCUT2D eigenvalue weighted by Gasteiger charge is -2.29. The molecular weight excluding hydrogens is 410 g/mol. The highest BCUT2D eigenvalue weighted by Gasteiger charge is 2.26. The summed E-state index contributed by atoms with van der Waals surface area (Å²) in [4.78, 5) is 15.2. The molecule has 1 saturated carbocycles. The van der Waals surface area contributed by atoms with Crippen LogP contribution in [0.25, 0.3) is 0 Å². The zero-order chi connectivity index (χ0) is 22.0. The zero-order valence-electron chi connectivity index (χ0n) is 18.0. The zero-order valence-corrected chi connectivity index (χ0v) is 18.8. The van der Waals surface area contributed by atoms with Crippen LogP contribution in [-0.2, 0) is 13.1 Å². The number of amides is 1. The van der Waals surface area contributed by atoms with Crippen LogP contribution in [0, 0.1) is 11.3 Å². The Bertz CT molecular complexity index is 1010. The summed E-state index contributed by atoms with van der Waals surface area (Å²) < 4.78 is 6.04. The van der Waals surface area contributed by atoms with E-state index in [1.807, 2.05) is 6.07 Å². The van der Waals surface area contributed by atoms with Crippen molar-refractivity contribution in [3.05, 3.63) is 63.7 Å². The lowest BCUT2D eigenvalue weighted by Crippen LogP contribution is -2.39. The van der Waals surface area contributed by atoms with Gasteiger partial charge < -0.3 is 10.1 Å². The van der Waals surface area contributed by atoms with Crippen LogP contribution in [0.15, 0.2) is 36.4 Å². The van der Waals surface area contributed by atoms with Gasteiger partial charge in [-0.25, -0.2) is 0 Å². The minimum atomic E-state index is 0.00837. The molecule has 2 aromatic rings. The van der Waals surface area contributed by atoms with Crippen molar-refractivity contribution in [3.63, 3.8) is 0 Å². The van der Waals surface area contributed by atoms with Gasteiger partial charge in [0.2, 0.25) is 0 Å². The second kappa shape index (κ2) is 9.30. The summed E-state index contributed by atoms with van der Waals surface area (Å²) in [5.74, 6) is 0.694. The molecule has 0 radical (unpaired) electrons. The van der Waals surface area contributed by atoms with Gasteiger partial charge in [0.05, 0.1) is 16.7 Å². The maximum Gasteiger partial charge on any atom is 0.251 e. The molecule has 0 saturated heterocycles. The number of benzene rings is 2. The van der Waals surface area contributed by atoms with Crippen LogP contribution in [0.3, 0.4) is 0 Å². The number of ether oxygens (including phenoxy) is 1. The number of halogens is 1. The van der Waals surface area contributed by atoms with Crippen molar-refractivity contribution in [3.8, 4) is 11.8 Å². The van der Waals surface area contributed by atoms with Crippen molar-refractivity contribution in [2.24, 2.45) is 0 Å². The van der Waals surface area contributed by atoms with Crippen molar-refractivity contribution < 1.29 is 9.53 Å². The summed E-state index contributed by atoms with van der Waals surface area (Å²) in [6, 6.07) is 14.0. The Hall–Kier alpha value is -2.55. The highest BCUT2D eigenvalue weighted by Crippen LogP contribution is 2.28. The Morgan fingerprint density at radius 3 is 2.55 bits per heavy atom. The van der Waals surface area contributed by atoms with Gasteiger partial charge in [-0.3, -0.25) is 9.69 Å². The third-order valence-electron chi connectivity index (χ3n) is 6.32. The number of carbonyl (C=O) groups is 1. The van der Waals surface area contributed by atoms with Gasteiger partial charge in [0.1, 0.15) is 11.8 Å². The summed E-state index contributed by atoms with van der Waals surface area (Å²) >= 11 is 6.09. The quantitative estimate of drug-likeness (QED) is 0.710. The smallest absolute Gasteiger partial charge is 0.251 e. The summed E-state index contributed by atoms with van der Waals surface area (Å²) in [6.07, 6.45) is 3.60. The molecule has 1 heterocycles. The minimum absolute atomic E-state index is 0.00837. The van der Waals surface area contributed by atoms with Gasteiger partial charge in [0.25, 0.3) is 5.91 Å². The third kappa shape index (κ3) is 5.03. The third-order valence-corrected chi connectivity index (χ3v) is 6.63. The predicted molar refractivity (Wildman–Crippen MR) is 121 cm³/mol. The number of hydrogen-bond donors (Lipinski definition) is 1. The Labute approximate surface area is 189 Å². The first-order valence-electron chi connectivity index (χ1n) is 11.0. The fourth-order valence-corrected chi connectivity index (χ4v) is 4.59. The molecule has 0 atom stereocenters. The van der Waals surface area contributed by atoms with E-state index in [2.05, 4.69) is 42.3 Å². The van der Waals surface area contributed by atoms with E-state index < -0.39 is 0 Å². The molecule has 1 aliphatic heterocycles. The molecule has 5 nitrogen and oxygen atoms in total. The first-order chi connectivity index (χ1) is 14.9. The molecule has 0 bridgehead atoms.